The second-order valence-corrected chi connectivity index (χ2v) is 1.85. The molecule has 12 heteroatoms. The zero-order valence-corrected chi connectivity index (χ0v) is 9.39. The summed E-state index contributed by atoms with van der Waals surface area (Å²) >= 11 is -5.25. The number of hydrogen-bond acceptors (Lipinski definition) is 2. The molecule has 0 aliphatic rings. The fourth-order valence-electron chi connectivity index (χ4n) is 0. The van der Waals surface area contributed by atoms with Crippen LogP contribution < -0.4 is 29.6 Å². The van der Waals surface area contributed by atoms with Gasteiger partial charge >= 0.3 is 59.1 Å². The molecule has 0 saturated carbocycles. The first-order valence-corrected chi connectivity index (χ1v) is 2.88. The fraction of sp³-hybridized carbons (Fsp3) is 0. The van der Waals surface area contributed by atoms with Gasteiger partial charge in [0.2, 0.25) is 0 Å². The van der Waals surface area contributed by atoms with Crippen molar-refractivity contribution in [3.63, 3.8) is 0 Å². The van der Waals surface area contributed by atoms with Crippen LogP contribution in [0.4, 0.5) is 0 Å². The maximum atomic E-state index is 8.82. The molecular weight excluding hydrogens is 235 g/mol. The molecular formula is H15CrNaO10. The SMILES string of the molecule is O.O.O.O.O.O.[H-].[Na+].[O]=[Cr](=[O])([OH])[OH]. The van der Waals surface area contributed by atoms with Gasteiger partial charge in [-0.25, -0.2) is 0 Å². The van der Waals surface area contributed by atoms with Crippen LogP contribution in [-0.4, -0.2) is 41.2 Å². The first kappa shape index (κ1) is 77.2. The van der Waals surface area contributed by atoms with Gasteiger partial charge in [0.1, 0.15) is 0 Å². The summed E-state index contributed by atoms with van der Waals surface area (Å²) in [5.41, 5.74) is 0. The van der Waals surface area contributed by atoms with Gasteiger partial charge < -0.3 is 34.3 Å². The van der Waals surface area contributed by atoms with Gasteiger partial charge in [0, 0.05) is 0 Å². The van der Waals surface area contributed by atoms with Crippen molar-refractivity contribution in [2.24, 2.45) is 0 Å². The molecule has 0 rings (SSSR count). The minimum atomic E-state index is -5.25. The van der Waals surface area contributed by atoms with Crippen molar-refractivity contribution in [3.8, 4) is 0 Å². The van der Waals surface area contributed by atoms with Crippen LogP contribution in [-0.2, 0) is 21.2 Å². The summed E-state index contributed by atoms with van der Waals surface area (Å²) in [7, 11) is 0. The van der Waals surface area contributed by atoms with Gasteiger partial charge in [-0.1, -0.05) is 0 Å². The van der Waals surface area contributed by atoms with E-state index in [2.05, 4.69) is 0 Å². The molecule has 0 bridgehead atoms. The van der Waals surface area contributed by atoms with Crippen LogP contribution in [0.5, 0.6) is 0 Å². The molecule has 0 aromatic carbocycles. The van der Waals surface area contributed by atoms with Crippen LogP contribution in [0, 0.1) is 0 Å². The zero-order chi connectivity index (χ0) is 4.50. The third-order valence-corrected chi connectivity index (χ3v) is 0. The maximum absolute atomic E-state index is 8.82. The van der Waals surface area contributed by atoms with Gasteiger partial charge in [0.15, 0.2) is 0 Å². The summed E-state index contributed by atoms with van der Waals surface area (Å²) in [4.78, 5) is 0. The molecule has 0 spiro atoms. The van der Waals surface area contributed by atoms with Crippen LogP contribution in [0.3, 0.4) is 0 Å². The van der Waals surface area contributed by atoms with Crippen LogP contribution in [0.25, 0.3) is 0 Å². The Kier molecular flexibility index (Phi) is 191. The number of rotatable bonds is 0. The predicted molar refractivity (Wildman–Crippen MR) is 28.6 cm³/mol. The third kappa shape index (κ3) is 1580. The third-order valence-electron chi connectivity index (χ3n) is 0. The molecule has 12 heavy (non-hydrogen) atoms. The molecule has 14 N–H and O–H groups in total. The summed E-state index contributed by atoms with van der Waals surface area (Å²) in [6.07, 6.45) is 0. The molecule has 0 aliphatic carbocycles. The van der Waals surface area contributed by atoms with Crippen molar-refractivity contribution in [3.05, 3.63) is 0 Å². The van der Waals surface area contributed by atoms with Crippen molar-refractivity contribution >= 4 is 0 Å². The Labute approximate surface area is 93.2 Å². The van der Waals surface area contributed by atoms with E-state index in [1.807, 2.05) is 0 Å². The van der Waals surface area contributed by atoms with Gasteiger partial charge in [-0.2, -0.15) is 0 Å². The van der Waals surface area contributed by atoms with E-state index in [1.165, 1.54) is 0 Å². The normalized spacial score (nSPS) is 4.83. The molecule has 10 nitrogen and oxygen atoms in total. The Balaban J connectivity index is -0.00000000286. The van der Waals surface area contributed by atoms with E-state index in [9.17, 15) is 0 Å². The second kappa shape index (κ2) is 29.8. The summed E-state index contributed by atoms with van der Waals surface area (Å²) < 4.78 is 31.9. The van der Waals surface area contributed by atoms with Crippen molar-refractivity contribution in [1.82, 2.24) is 0 Å². The average molecular weight is 250 g/mol. The Morgan fingerprint density at radius 3 is 0.750 bits per heavy atom. The van der Waals surface area contributed by atoms with E-state index in [-0.39, 0.29) is 63.8 Å². The van der Waals surface area contributed by atoms with Crippen LogP contribution in [0.1, 0.15) is 1.43 Å². The first-order valence-electron chi connectivity index (χ1n) is 0.698. The van der Waals surface area contributed by atoms with E-state index in [0.29, 0.717) is 0 Å². The van der Waals surface area contributed by atoms with Crippen LogP contribution in [0.2, 0.25) is 0 Å². The van der Waals surface area contributed by atoms with E-state index in [1.54, 1.807) is 0 Å². The molecule has 0 amide bonds. The van der Waals surface area contributed by atoms with E-state index < -0.39 is 13.6 Å². The van der Waals surface area contributed by atoms with E-state index >= 15 is 0 Å². The molecule has 0 radical (unpaired) electrons. The van der Waals surface area contributed by atoms with Gasteiger partial charge in [-0.15, -0.1) is 0 Å². The molecule has 0 aliphatic heterocycles. The van der Waals surface area contributed by atoms with E-state index in [4.69, 9.17) is 15.9 Å². The van der Waals surface area contributed by atoms with E-state index in [0.717, 1.165) is 0 Å². The molecule has 82 valence electrons. The Hall–Kier alpha value is 0.812. The summed E-state index contributed by atoms with van der Waals surface area (Å²) in [5, 5.41) is 0. The summed E-state index contributed by atoms with van der Waals surface area (Å²) in [6.45, 7) is 0. The minimum absolute atomic E-state index is 0. The standard InChI is InChI=1S/Cr.Na.8H2O.2O.H/h;;8*1H2;;;/q+2;+1;;;;;;;;;;;-1/p-2. The van der Waals surface area contributed by atoms with Gasteiger partial charge in [-0.3, -0.25) is 0 Å². The van der Waals surface area contributed by atoms with Gasteiger partial charge in [0.25, 0.3) is 0 Å². The molecule has 0 aromatic rings. The van der Waals surface area contributed by atoms with Crippen LogP contribution >= 0.6 is 0 Å². The summed E-state index contributed by atoms with van der Waals surface area (Å²) in [5.74, 6) is 0. The van der Waals surface area contributed by atoms with Crippen molar-refractivity contribution in [2.45, 2.75) is 0 Å². The number of hydrogen-bond donors (Lipinski definition) is 2. The molecule has 0 saturated heterocycles. The van der Waals surface area contributed by atoms with Gasteiger partial charge in [0.05, 0.1) is 0 Å². The first-order chi connectivity index (χ1) is 2.00. The van der Waals surface area contributed by atoms with Crippen molar-refractivity contribution < 1.29 is 93.4 Å². The Morgan fingerprint density at radius 1 is 0.750 bits per heavy atom. The fourth-order valence-corrected chi connectivity index (χ4v) is 0. The Bertz CT molecular complexity index is 98.1. The average Bonchev–Trinajstić information content (AvgIpc) is 0.722. The Morgan fingerprint density at radius 2 is 0.750 bits per heavy atom. The zero-order valence-electron chi connectivity index (χ0n) is 7.12. The molecule has 0 atom stereocenters. The molecule has 0 heterocycles. The molecule has 0 fully saturated rings. The summed E-state index contributed by atoms with van der Waals surface area (Å²) in [6, 6.07) is 0. The van der Waals surface area contributed by atoms with Crippen molar-refractivity contribution in [1.29, 1.82) is 0 Å². The topological polar surface area (TPSA) is 264 Å². The van der Waals surface area contributed by atoms with Crippen molar-refractivity contribution in [2.75, 3.05) is 0 Å². The quantitative estimate of drug-likeness (QED) is 0.396. The monoisotopic (exact) mass is 250 g/mol. The van der Waals surface area contributed by atoms with Crippen LogP contribution in [0.15, 0.2) is 0 Å². The molecule has 0 aromatic heterocycles. The molecule has 0 unspecified atom stereocenters. The predicted octanol–water partition coefficient (Wildman–Crippen LogP) is -9.19. The van der Waals surface area contributed by atoms with Gasteiger partial charge in [-0.05, 0) is 0 Å². The second-order valence-electron chi connectivity index (χ2n) is 0.448.